The molecule has 2 heterocycles. The SMILES string of the molecule is CC(C)(C)OC(=O)NCC1CCN(CCC(=O)Nc2ccc3c(c2)OCO3)CC1. The second-order valence-electron chi connectivity index (χ2n) is 8.53. The maximum absolute atomic E-state index is 12.2. The lowest BCUT2D eigenvalue weighted by Gasteiger charge is -2.32. The number of rotatable bonds is 6. The first-order valence-electron chi connectivity index (χ1n) is 10.2. The zero-order valence-electron chi connectivity index (χ0n) is 17.5. The molecule has 29 heavy (non-hydrogen) atoms. The highest BCUT2D eigenvalue weighted by atomic mass is 16.7. The van der Waals surface area contributed by atoms with Crippen LogP contribution in [-0.4, -0.2) is 55.5 Å². The lowest BCUT2D eigenvalue weighted by Crippen LogP contribution is -2.40. The largest absolute Gasteiger partial charge is 0.454 e. The third-order valence-electron chi connectivity index (χ3n) is 4.95. The molecule has 1 fully saturated rings. The molecule has 2 N–H and O–H groups in total. The fourth-order valence-corrected chi connectivity index (χ4v) is 3.41. The number of hydrogen-bond acceptors (Lipinski definition) is 6. The summed E-state index contributed by atoms with van der Waals surface area (Å²) in [5, 5.41) is 5.76. The van der Waals surface area contributed by atoms with Gasteiger partial charge in [0, 0.05) is 31.3 Å². The van der Waals surface area contributed by atoms with Crippen LogP contribution in [0.4, 0.5) is 10.5 Å². The quantitative estimate of drug-likeness (QED) is 0.756. The summed E-state index contributed by atoms with van der Waals surface area (Å²) in [6.07, 6.45) is 2.08. The van der Waals surface area contributed by atoms with Crippen LogP contribution in [0.15, 0.2) is 18.2 Å². The summed E-state index contributed by atoms with van der Waals surface area (Å²) in [4.78, 5) is 26.3. The van der Waals surface area contributed by atoms with Crippen LogP contribution < -0.4 is 20.1 Å². The monoisotopic (exact) mass is 405 g/mol. The van der Waals surface area contributed by atoms with Gasteiger partial charge in [-0.3, -0.25) is 4.79 Å². The summed E-state index contributed by atoms with van der Waals surface area (Å²) >= 11 is 0. The second-order valence-corrected chi connectivity index (χ2v) is 8.53. The van der Waals surface area contributed by atoms with Crippen molar-refractivity contribution < 1.29 is 23.8 Å². The van der Waals surface area contributed by atoms with Gasteiger partial charge in [-0.15, -0.1) is 0 Å². The van der Waals surface area contributed by atoms with E-state index in [0.717, 1.165) is 32.5 Å². The van der Waals surface area contributed by atoms with E-state index in [1.165, 1.54) is 0 Å². The van der Waals surface area contributed by atoms with Gasteiger partial charge < -0.3 is 29.7 Å². The number of hydrogen-bond donors (Lipinski definition) is 2. The number of ether oxygens (including phenoxy) is 3. The van der Waals surface area contributed by atoms with E-state index in [0.29, 0.717) is 36.1 Å². The van der Waals surface area contributed by atoms with Gasteiger partial charge in [0.15, 0.2) is 11.5 Å². The highest BCUT2D eigenvalue weighted by Gasteiger charge is 2.22. The maximum Gasteiger partial charge on any atom is 0.407 e. The van der Waals surface area contributed by atoms with Gasteiger partial charge in [0.2, 0.25) is 12.7 Å². The molecule has 0 saturated carbocycles. The molecule has 0 unspecified atom stereocenters. The molecule has 2 aliphatic heterocycles. The Morgan fingerprint density at radius 2 is 1.90 bits per heavy atom. The Labute approximate surface area is 171 Å². The van der Waals surface area contributed by atoms with Gasteiger partial charge >= 0.3 is 6.09 Å². The van der Waals surface area contributed by atoms with E-state index in [1.54, 1.807) is 12.1 Å². The van der Waals surface area contributed by atoms with Crippen molar-refractivity contribution in [2.75, 3.05) is 38.3 Å². The molecule has 8 heteroatoms. The van der Waals surface area contributed by atoms with Crippen LogP contribution in [0.5, 0.6) is 11.5 Å². The van der Waals surface area contributed by atoms with E-state index in [9.17, 15) is 9.59 Å². The Kier molecular flexibility index (Phi) is 6.84. The summed E-state index contributed by atoms with van der Waals surface area (Å²) in [6.45, 7) is 9.00. The summed E-state index contributed by atoms with van der Waals surface area (Å²) in [7, 11) is 0. The third-order valence-corrected chi connectivity index (χ3v) is 4.95. The molecule has 0 atom stereocenters. The first-order valence-corrected chi connectivity index (χ1v) is 10.2. The van der Waals surface area contributed by atoms with Gasteiger partial charge in [0.25, 0.3) is 0 Å². The molecule has 160 valence electrons. The lowest BCUT2D eigenvalue weighted by atomic mass is 9.97. The Balaban J connectivity index is 1.31. The van der Waals surface area contributed by atoms with Gasteiger partial charge in [-0.2, -0.15) is 0 Å². The molecular weight excluding hydrogens is 374 g/mol. The predicted molar refractivity (Wildman–Crippen MR) is 109 cm³/mol. The lowest BCUT2D eigenvalue weighted by molar-refractivity contribution is -0.116. The molecule has 0 spiro atoms. The first-order chi connectivity index (χ1) is 13.8. The fourth-order valence-electron chi connectivity index (χ4n) is 3.41. The van der Waals surface area contributed by atoms with E-state index < -0.39 is 5.60 Å². The standard InChI is InChI=1S/C21H31N3O5/c1-21(2,3)29-20(26)22-13-15-6-9-24(10-7-15)11-8-19(25)23-16-4-5-17-18(12-16)28-14-27-17/h4-5,12,15H,6-11,13-14H2,1-3H3,(H,22,26)(H,23,25). The van der Waals surface area contributed by atoms with Gasteiger partial charge in [-0.05, 0) is 64.8 Å². The van der Waals surface area contributed by atoms with Crippen molar-refractivity contribution in [3.05, 3.63) is 18.2 Å². The smallest absolute Gasteiger partial charge is 0.407 e. The van der Waals surface area contributed by atoms with Crippen LogP contribution in [0, 0.1) is 5.92 Å². The molecule has 0 bridgehead atoms. The fraction of sp³-hybridized carbons (Fsp3) is 0.619. The minimum atomic E-state index is -0.478. The topological polar surface area (TPSA) is 89.1 Å². The molecule has 2 aliphatic rings. The maximum atomic E-state index is 12.2. The summed E-state index contributed by atoms with van der Waals surface area (Å²) < 4.78 is 15.9. The molecule has 1 saturated heterocycles. The molecule has 1 aromatic rings. The Morgan fingerprint density at radius 3 is 2.62 bits per heavy atom. The number of alkyl carbamates (subject to hydrolysis) is 1. The van der Waals surface area contributed by atoms with Crippen LogP contribution in [-0.2, 0) is 9.53 Å². The average Bonchev–Trinajstić information content (AvgIpc) is 3.12. The predicted octanol–water partition coefficient (Wildman–Crippen LogP) is 2.98. The van der Waals surface area contributed by atoms with Crippen molar-refractivity contribution in [1.82, 2.24) is 10.2 Å². The highest BCUT2D eigenvalue weighted by molar-refractivity contribution is 5.91. The summed E-state index contributed by atoms with van der Waals surface area (Å²) in [5.41, 5.74) is 0.236. The average molecular weight is 405 g/mol. The number of amides is 2. The van der Waals surface area contributed by atoms with Crippen LogP contribution >= 0.6 is 0 Å². The zero-order chi connectivity index (χ0) is 20.9. The summed E-state index contributed by atoms with van der Waals surface area (Å²) in [6, 6.07) is 5.39. The molecule has 1 aromatic carbocycles. The number of piperidine rings is 1. The van der Waals surface area contributed by atoms with Crippen LogP contribution in [0.3, 0.4) is 0 Å². The Bertz CT molecular complexity index is 724. The molecular formula is C21H31N3O5. The van der Waals surface area contributed by atoms with Gasteiger partial charge in [0.1, 0.15) is 5.60 Å². The Hall–Kier alpha value is -2.48. The number of nitrogens with zero attached hydrogens (tertiary/aromatic N) is 1. The van der Waals surface area contributed by atoms with E-state index in [4.69, 9.17) is 14.2 Å². The van der Waals surface area contributed by atoms with E-state index in [-0.39, 0.29) is 18.8 Å². The number of fused-ring (bicyclic) bond motifs is 1. The Morgan fingerprint density at radius 1 is 1.17 bits per heavy atom. The zero-order valence-corrected chi connectivity index (χ0v) is 17.5. The first kappa shape index (κ1) is 21.2. The molecule has 0 aliphatic carbocycles. The second kappa shape index (κ2) is 9.35. The molecule has 0 aromatic heterocycles. The van der Waals surface area contributed by atoms with Crippen LogP contribution in [0.1, 0.15) is 40.0 Å². The number of benzene rings is 1. The van der Waals surface area contributed by atoms with Crippen molar-refractivity contribution in [3.8, 4) is 11.5 Å². The number of nitrogens with one attached hydrogen (secondary N) is 2. The molecule has 8 nitrogen and oxygen atoms in total. The number of anilines is 1. The minimum absolute atomic E-state index is 0.0161. The molecule has 2 amide bonds. The normalized spacial score (nSPS) is 17.1. The van der Waals surface area contributed by atoms with E-state index >= 15 is 0 Å². The van der Waals surface area contributed by atoms with Gasteiger partial charge in [-0.25, -0.2) is 4.79 Å². The van der Waals surface area contributed by atoms with E-state index in [1.807, 2.05) is 26.8 Å². The van der Waals surface area contributed by atoms with Crippen molar-refractivity contribution in [3.63, 3.8) is 0 Å². The van der Waals surface area contributed by atoms with Crippen LogP contribution in [0.25, 0.3) is 0 Å². The van der Waals surface area contributed by atoms with Crippen LogP contribution in [0.2, 0.25) is 0 Å². The third kappa shape index (κ3) is 6.81. The van der Waals surface area contributed by atoms with Crippen molar-refractivity contribution in [2.24, 2.45) is 5.92 Å². The van der Waals surface area contributed by atoms with Crippen molar-refractivity contribution in [2.45, 2.75) is 45.6 Å². The summed E-state index contributed by atoms with van der Waals surface area (Å²) in [5.74, 6) is 1.79. The van der Waals surface area contributed by atoms with Gasteiger partial charge in [0.05, 0.1) is 0 Å². The molecule has 0 radical (unpaired) electrons. The minimum Gasteiger partial charge on any atom is -0.454 e. The van der Waals surface area contributed by atoms with Crippen molar-refractivity contribution in [1.29, 1.82) is 0 Å². The number of likely N-dealkylation sites (tertiary alicyclic amines) is 1. The molecule has 3 rings (SSSR count). The van der Waals surface area contributed by atoms with Gasteiger partial charge in [-0.1, -0.05) is 0 Å². The highest BCUT2D eigenvalue weighted by Crippen LogP contribution is 2.34. The number of carbonyl (C=O) groups excluding carboxylic acids is 2. The van der Waals surface area contributed by atoms with Crippen molar-refractivity contribution >= 4 is 17.7 Å². The van der Waals surface area contributed by atoms with E-state index in [2.05, 4.69) is 15.5 Å². The number of carbonyl (C=O) groups is 2.